The molecule has 18 heavy (non-hydrogen) atoms. The second-order valence-electron chi connectivity index (χ2n) is 4.01. The lowest BCUT2D eigenvalue weighted by molar-refractivity contribution is 1.09. The van der Waals surface area contributed by atoms with Gasteiger partial charge in [0.1, 0.15) is 6.07 Å². The Morgan fingerprint density at radius 2 is 2.11 bits per heavy atom. The molecular weight excluding hydrogens is 224 g/mol. The number of nitrogens with one attached hydrogen (secondary N) is 1. The highest BCUT2D eigenvalue weighted by molar-refractivity contribution is 5.68. The molecule has 1 heterocycles. The number of nitrogens with zero attached hydrogens (tertiary/aromatic N) is 2. The van der Waals surface area contributed by atoms with Gasteiger partial charge in [-0.25, -0.2) is 4.98 Å². The van der Waals surface area contributed by atoms with E-state index >= 15 is 0 Å². The van der Waals surface area contributed by atoms with Crippen molar-refractivity contribution >= 4 is 11.5 Å². The first-order valence-corrected chi connectivity index (χ1v) is 5.65. The first kappa shape index (κ1) is 11.9. The number of benzene rings is 1. The fourth-order valence-electron chi connectivity index (χ4n) is 1.70. The van der Waals surface area contributed by atoms with Crippen LogP contribution in [0.25, 0.3) is 0 Å². The van der Waals surface area contributed by atoms with Gasteiger partial charge in [0, 0.05) is 12.7 Å². The van der Waals surface area contributed by atoms with Crippen LogP contribution in [0.15, 0.2) is 36.5 Å². The Labute approximate surface area is 106 Å². The highest BCUT2D eigenvalue weighted by Crippen LogP contribution is 2.20. The van der Waals surface area contributed by atoms with E-state index in [1.807, 2.05) is 24.3 Å². The molecule has 0 spiro atoms. The Hall–Kier alpha value is -2.54. The number of rotatable bonds is 3. The molecule has 0 radical (unpaired) electrons. The van der Waals surface area contributed by atoms with Gasteiger partial charge in [-0.1, -0.05) is 24.3 Å². The molecule has 0 aliphatic rings. The van der Waals surface area contributed by atoms with Gasteiger partial charge in [-0.2, -0.15) is 5.26 Å². The lowest BCUT2D eigenvalue weighted by Gasteiger charge is -2.10. The minimum absolute atomic E-state index is 0.397. The smallest absolute Gasteiger partial charge is 0.150 e. The van der Waals surface area contributed by atoms with Gasteiger partial charge >= 0.3 is 0 Å². The monoisotopic (exact) mass is 238 g/mol. The first-order chi connectivity index (χ1) is 8.72. The van der Waals surface area contributed by atoms with Crippen LogP contribution in [-0.4, -0.2) is 4.98 Å². The number of pyridine rings is 1. The number of aromatic nitrogens is 1. The predicted molar refractivity (Wildman–Crippen MR) is 71.9 cm³/mol. The molecule has 0 fully saturated rings. The fraction of sp³-hybridized carbons (Fsp3) is 0.143. The zero-order chi connectivity index (χ0) is 13.0. The van der Waals surface area contributed by atoms with Crippen molar-refractivity contribution in [1.29, 1.82) is 5.26 Å². The van der Waals surface area contributed by atoms with Crippen LogP contribution in [0.3, 0.4) is 0 Å². The predicted octanol–water partition coefficient (Wildman–Crippen LogP) is 2.46. The molecule has 3 N–H and O–H groups in total. The highest BCUT2D eigenvalue weighted by atomic mass is 15.0. The molecule has 0 atom stereocenters. The van der Waals surface area contributed by atoms with Crippen molar-refractivity contribution in [2.24, 2.45) is 0 Å². The number of hydrogen-bond acceptors (Lipinski definition) is 4. The van der Waals surface area contributed by atoms with Gasteiger partial charge in [0.05, 0.1) is 11.3 Å². The summed E-state index contributed by atoms with van der Waals surface area (Å²) in [5.41, 5.74) is 9.08. The standard InChI is InChI=1S/C14H14N4/c1-10-4-2-3-5-12(10)9-18-14-13(16)11(8-15)6-7-17-14/h2-7H,9,16H2,1H3,(H,17,18). The third-order valence-corrected chi connectivity index (χ3v) is 2.82. The summed E-state index contributed by atoms with van der Waals surface area (Å²) in [7, 11) is 0. The molecule has 90 valence electrons. The minimum atomic E-state index is 0.397. The molecule has 0 aliphatic carbocycles. The summed E-state index contributed by atoms with van der Waals surface area (Å²) in [5.74, 6) is 0.553. The number of hydrogen-bond donors (Lipinski definition) is 2. The van der Waals surface area contributed by atoms with Gasteiger partial charge < -0.3 is 11.1 Å². The Balaban J connectivity index is 2.17. The van der Waals surface area contributed by atoms with Crippen molar-refractivity contribution in [3.63, 3.8) is 0 Å². The lowest BCUT2D eigenvalue weighted by atomic mass is 10.1. The molecule has 1 aromatic heterocycles. The van der Waals surface area contributed by atoms with E-state index < -0.39 is 0 Å². The Morgan fingerprint density at radius 3 is 2.83 bits per heavy atom. The van der Waals surface area contributed by atoms with Crippen molar-refractivity contribution in [2.75, 3.05) is 11.1 Å². The normalized spacial score (nSPS) is 9.78. The maximum absolute atomic E-state index is 8.89. The van der Waals surface area contributed by atoms with E-state index in [9.17, 15) is 0 Å². The van der Waals surface area contributed by atoms with Crippen LogP contribution in [0.2, 0.25) is 0 Å². The van der Waals surface area contributed by atoms with Crippen molar-refractivity contribution in [3.8, 4) is 6.07 Å². The molecule has 4 heteroatoms. The van der Waals surface area contributed by atoms with Gasteiger partial charge in [-0.3, -0.25) is 0 Å². The maximum atomic E-state index is 8.89. The Bertz CT molecular complexity index is 599. The van der Waals surface area contributed by atoms with Gasteiger partial charge in [-0.15, -0.1) is 0 Å². The first-order valence-electron chi connectivity index (χ1n) is 5.65. The zero-order valence-electron chi connectivity index (χ0n) is 10.1. The second-order valence-corrected chi connectivity index (χ2v) is 4.01. The van der Waals surface area contributed by atoms with E-state index in [0.29, 0.717) is 23.6 Å². The molecule has 0 unspecified atom stereocenters. The molecular formula is C14H14N4. The second kappa shape index (κ2) is 5.19. The summed E-state index contributed by atoms with van der Waals surface area (Å²) in [4.78, 5) is 4.14. The van der Waals surface area contributed by atoms with E-state index in [1.165, 1.54) is 11.1 Å². The van der Waals surface area contributed by atoms with Crippen LogP contribution in [-0.2, 0) is 6.54 Å². The van der Waals surface area contributed by atoms with Crippen LogP contribution in [0.1, 0.15) is 16.7 Å². The number of nitrogen functional groups attached to an aromatic ring is 1. The van der Waals surface area contributed by atoms with E-state index in [2.05, 4.69) is 23.3 Å². The summed E-state index contributed by atoms with van der Waals surface area (Å²) in [5, 5.41) is 12.0. The lowest BCUT2D eigenvalue weighted by Crippen LogP contribution is -2.06. The topological polar surface area (TPSA) is 74.7 Å². The Kier molecular flexibility index (Phi) is 3.44. The van der Waals surface area contributed by atoms with E-state index in [1.54, 1.807) is 12.3 Å². The third kappa shape index (κ3) is 2.41. The third-order valence-electron chi connectivity index (χ3n) is 2.82. The summed E-state index contributed by atoms with van der Waals surface area (Å²) in [6.07, 6.45) is 1.58. The molecule has 1 aromatic carbocycles. The molecule has 0 aliphatic heterocycles. The van der Waals surface area contributed by atoms with Crippen molar-refractivity contribution in [2.45, 2.75) is 13.5 Å². The largest absolute Gasteiger partial charge is 0.395 e. The molecule has 0 saturated carbocycles. The summed E-state index contributed by atoms with van der Waals surface area (Å²) in [6.45, 7) is 2.69. The van der Waals surface area contributed by atoms with Gasteiger partial charge in [-0.05, 0) is 24.1 Å². The SMILES string of the molecule is Cc1ccccc1CNc1nccc(C#N)c1N. The van der Waals surface area contributed by atoms with Crippen molar-refractivity contribution < 1.29 is 0 Å². The average molecular weight is 238 g/mol. The van der Waals surface area contributed by atoms with Crippen LogP contribution in [0.4, 0.5) is 11.5 Å². The number of anilines is 2. The molecule has 0 saturated heterocycles. The Morgan fingerprint density at radius 1 is 1.33 bits per heavy atom. The van der Waals surface area contributed by atoms with Crippen LogP contribution < -0.4 is 11.1 Å². The zero-order valence-corrected chi connectivity index (χ0v) is 10.1. The van der Waals surface area contributed by atoms with Crippen LogP contribution >= 0.6 is 0 Å². The minimum Gasteiger partial charge on any atom is -0.395 e. The van der Waals surface area contributed by atoms with E-state index in [-0.39, 0.29) is 0 Å². The summed E-state index contributed by atoms with van der Waals surface area (Å²) < 4.78 is 0. The van der Waals surface area contributed by atoms with E-state index in [0.717, 1.165) is 0 Å². The van der Waals surface area contributed by atoms with Gasteiger partial charge in [0.2, 0.25) is 0 Å². The number of nitriles is 1. The average Bonchev–Trinajstić information content (AvgIpc) is 2.39. The molecule has 2 rings (SSSR count). The quantitative estimate of drug-likeness (QED) is 0.861. The number of aryl methyl sites for hydroxylation is 1. The maximum Gasteiger partial charge on any atom is 0.150 e. The van der Waals surface area contributed by atoms with Gasteiger partial charge in [0.25, 0.3) is 0 Å². The van der Waals surface area contributed by atoms with Crippen LogP contribution in [0, 0.1) is 18.3 Å². The molecule has 2 aromatic rings. The summed E-state index contributed by atoms with van der Waals surface area (Å²) >= 11 is 0. The van der Waals surface area contributed by atoms with Crippen molar-refractivity contribution in [3.05, 3.63) is 53.2 Å². The molecule has 0 amide bonds. The van der Waals surface area contributed by atoms with E-state index in [4.69, 9.17) is 11.0 Å². The van der Waals surface area contributed by atoms with Crippen molar-refractivity contribution in [1.82, 2.24) is 4.98 Å². The fourth-order valence-corrected chi connectivity index (χ4v) is 1.70. The summed E-state index contributed by atoms with van der Waals surface area (Å²) in [6, 6.07) is 11.7. The van der Waals surface area contributed by atoms with Gasteiger partial charge in [0.15, 0.2) is 5.82 Å². The molecule has 0 bridgehead atoms. The molecule has 4 nitrogen and oxygen atoms in total. The highest BCUT2D eigenvalue weighted by Gasteiger charge is 2.05. The number of nitrogens with two attached hydrogens (primary N) is 1. The van der Waals surface area contributed by atoms with Crippen LogP contribution in [0.5, 0.6) is 0 Å².